The van der Waals surface area contributed by atoms with Gasteiger partial charge in [-0.15, -0.1) is 0 Å². The molecule has 0 saturated carbocycles. The van der Waals surface area contributed by atoms with Gasteiger partial charge in [-0.1, -0.05) is 12.8 Å². The number of esters is 1. The van der Waals surface area contributed by atoms with Crippen LogP contribution < -0.4 is 21.5 Å². The third-order valence-corrected chi connectivity index (χ3v) is 6.21. The van der Waals surface area contributed by atoms with E-state index in [1.54, 1.807) is 13.0 Å². The summed E-state index contributed by atoms with van der Waals surface area (Å²) in [5, 5.41) is 2.91. The van der Waals surface area contributed by atoms with Gasteiger partial charge in [0.1, 0.15) is 6.54 Å². The Hall–Kier alpha value is -3.20. The zero-order valence-electron chi connectivity index (χ0n) is 20.6. The van der Waals surface area contributed by atoms with E-state index in [1.165, 1.54) is 28.8 Å². The van der Waals surface area contributed by atoms with Crippen molar-refractivity contribution in [2.24, 2.45) is 11.7 Å². The largest absolute Gasteiger partial charge is 0.465 e. The average molecular weight is 484 g/mol. The minimum atomic E-state index is -0.493. The van der Waals surface area contributed by atoms with Crippen molar-refractivity contribution in [3.8, 4) is 0 Å². The first-order valence-electron chi connectivity index (χ1n) is 12.6. The number of carbonyl (C=O) groups excluding carboxylic acids is 2. The van der Waals surface area contributed by atoms with Crippen LogP contribution in [0.5, 0.6) is 0 Å². The van der Waals surface area contributed by atoms with Crippen LogP contribution in [-0.4, -0.2) is 47.7 Å². The molecule has 0 unspecified atom stereocenters. The second kappa shape index (κ2) is 13.6. The molecule has 0 aliphatic carbocycles. The van der Waals surface area contributed by atoms with Crippen molar-refractivity contribution in [3.63, 3.8) is 0 Å². The Morgan fingerprint density at radius 2 is 2.03 bits per heavy atom. The van der Waals surface area contributed by atoms with Crippen molar-refractivity contribution in [1.82, 2.24) is 9.55 Å². The Labute approximate surface area is 206 Å². The Kier molecular flexibility index (Phi) is 10.3. The number of carbonyl (C=O) groups is 2. The molecule has 0 aromatic carbocycles. The van der Waals surface area contributed by atoms with E-state index in [4.69, 9.17) is 10.5 Å². The van der Waals surface area contributed by atoms with Gasteiger partial charge >= 0.3 is 5.97 Å². The topological polar surface area (TPSA) is 120 Å². The number of ether oxygens (including phenoxy) is 1. The summed E-state index contributed by atoms with van der Waals surface area (Å²) >= 11 is 0. The molecule has 1 aliphatic heterocycles. The van der Waals surface area contributed by atoms with Crippen LogP contribution in [0.3, 0.4) is 0 Å². The summed E-state index contributed by atoms with van der Waals surface area (Å²) < 4.78 is 6.16. The molecule has 190 valence electrons. The number of aryl methyl sites for hydroxylation is 1. The number of nitrogens with zero attached hydrogens (tertiary/aromatic N) is 3. The number of nitrogens with one attached hydrogen (secondary N) is 1. The van der Waals surface area contributed by atoms with Crippen molar-refractivity contribution in [1.29, 1.82) is 0 Å². The fourth-order valence-corrected chi connectivity index (χ4v) is 4.36. The lowest BCUT2D eigenvalue weighted by Gasteiger charge is -2.33. The highest BCUT2D eigenvalue weighted by Crippen LogP contribution is 2.25. The first-order chi connectivity index (χ1) is 17.0. The molecule has 1 saturated heterocycles. The Morgan fingerprint density at radius 3 is 2.83 bits per heavy atom. The zero-order valence-corrected chi connectivity index (χ0v) is 20.6. The van der Waals surface area contributed by atoms with Crippen LogP contribution in [0.25, 0.3) is 0 Å². The lowest BCUT2D eigenvalue weighted by molar-refractivity contribution is -0.143. The maximum absolute atomic E-state index is 13.0. The number of piperidine rings is 1. The first-order valence-corrected chi connectivity index (χ1v) is 12.6. The Bertz CT molecular complexity index is 1040. The molecule has 0 spiro atoms. The molecule has 9 nitrogen and oxygen atoms in total. The third kappa shape index (κ3) is 8.20. The summed E-state index contributed by atoms with van der Waals surface area (Å²) in [5.74, 6) is -0.776. The minimum absolute atomic E-state index is 0.0972. The molecule has 2 aromatic rings. The summed E-state index contributed by atoms with van der Waals surface area (Å²) in [6, 6.07) is 5.08. The van der Waals surface area contributed by atoms with Gasteiger partial charge in [0.15, 0.2) is 0 Å². The van der Waals surface area contributed by atoms with Gasteiger partial charge in [-0.3, -0.25) is 19.4 Å². The lowest BCUT2D eigenvalue weighted by atomic mass is 9.96. The standard InChI is InChI=1S/C26H37N5O4/c1-2-35-25(33)19-31-18-22(10-11-24(31)32)29-26(34)21-9-7-13-30(17-21)23-14-20(15-28-16-23)8-5-3-4-6-12-27/h10-11,14-16,18,21H,2-9,12-13,17,19,27H2,1H3,(H,29,34)/t21-/m0/s1. The van der Waals surface area contributed by atoms with Crippen molar-refractivity contribution >= 4 is 23.3 Å². The number of hydrogen-bond acceptors (Lipinski definition) is 7. The first kappa shape index (κ1) is 26.4. The third-order valence-electron chi connectivity index (χ3n) is 6.21. The van der Waals surface area contributed by atoms with Gasteiger partial charge in [0.25, 0.3) is 5.56 Å². The lowest BCUT2D eigenvalue weighted by Crippen LogP contribution is -2.41. The number of pyridine rings is 2. The van der Waals surface area contributed by atoms with Crippen LogP contribution in [0.2, 0.25) is 0 Å². The van der Waals surface area contributed by atoms with Crippen LogP contribution in [0, 0.1) is 5.92 Å². The summed E-state index contributed by atoms with van der Waals surface area (Å²) in [6.07, 6.45) is 12.5. The van der Waals surface area contributed by atoms with E-state index < -0.39 is 5.97 Å². The van der Waals surface area contributed by atoms with E-state index in [2.05, 4.69) is 21.3 Å². The summed E-state index contributed by atoms with van der Waals surface area (Å²) in [4.78, 5) is 43.5. The number of aromatic nitrogens is 2. The van der Waals surface area contributed by atoms with Gasteiger partial charge in [-0.2, -0.15) is 0 Å². The van der Waals surface area contributed by atoms with Crippen LogP contribution in [-0.2, 0) is 27.3 Å². The van der Waals surface area contributed by atoms with Gasteiger partial charge in [0.2, 0.25) is 5.91 Å². The van der Waals surface area contributed by atoms with Gasteiger partial charge in [0, 0.05) is 31.5 Å². The monoisotopic (exact) mass is 483 g/mol. The number of hydrogen-bond donors (Lipinski definition) is 2. The number of amides is 1. The number of unbranched alkanes of at least 4 members (excludes halogenated alkanes) is 3. The molecule has 0 bridgehead atoms. The molecule has 1 atom stereocenters. The SMILES string of the molecule is CCOC(=O)Cn1cc(NC(=O)[C@H]2CCCN(c3cncc(CCCCCCN)c3)C2)ccc1=O. The highest BCUT2D eigenvalue weighted by Gasteiger charge is 2.26. The molecule has 3 heterocycles. The molecular weight excluding hydrogens is 446 g/mol. The smallest absolute Gasteiger partial charge is 0.326 e. The van der Waals surface area contributed by atoms with Crippen LogP contribution in [0.4, 0.5) is 11.4 Å². The van der Waals surface area contributed by atoms with E-state index in [0.717, 1.165) is 57.3 Å². The summed E-state index contributed by atoms with van der Waals surface area (Å²) in [6.45, 7) is 4.01. The molecule has 35 heavy (non-hydrogen) atoms. The van der Waals surface area contributed by atoms with Crippen LogP contribution >= 0.6 is 0 Å². The second-order valence-corrected chi connectivity index (χ2v) is 8.97. The van der Waals surface area contributed by atoms with Gasteiger partial charge < -0.3 is 25.3 Å². The molecule has 3 rings (SSSR count). The average Bonchev–Trinajstić information content (AvgIpc) is 2.86. The normalized spacial score (nSPS) is 15.6. The molecule has 1 amide bonds. The number of nitrogens with two attached hydrogens (primary N) is 1. The molecule has 0 radical (unpaired) electrons. The van der Waals surface area contributed by atoms with Crippen molar-refractivity contribution < 1.29 is 14.3 Å². The molecular formula is C26H37N5O4. The Balaban J connectivity index is 1.58. The second-order valence-electron chi connectivity index (χ2n) is 8.97. The Morgan fingerprint density at radius 1 is 1.20 bits per heavy atom. The summed E-state index contributed by atoms with van der Waals surface area (Å²) in [5.41, 5.74) is 7.98. The van der Waals surface area contributed by atoms with Crippen molar-refractivity contribution in [2.45, 2.75) is 58.4 Å². The van der Waals surface area contributed by atoms with E-state index in [-0.39, 0.29) is 30.5 Å². The maximum Gasteiger partial charge on any atom is 0.326 e. The predicted octanol–water partition coefficient (Wildman–Crippen LogP) is 2.72. The zero-order chi connectivity index (χ0) is 25.0. The van der Waals surface area contributed by atoms with Gasteiger partial charge in [-0.25, -0.2) is 0 Å². The van der Waals surface area contributed by atoms with Crippen molar-refractivity contribution in [3.05, 3.63) is 52.7 Å². The highest BCUT2D eigenvalue weighted by atomic mass is 16.5. The van der Waals surface area contributed by atoms with E-state index in [1.807, 2.05) is 12.4 Å². The predicted molar refractivity (Wildman–Crippen MR) is 136 cm³/mol. The van der Waals surface area contributed by atoms with Crippen LogP contribution in [0.15, 0.2) is 41.6 Å². The highest BCUT2D eigenvalue weighted by molar-refractivity contribution is 5.93. The van der Waals surface area contributed by atoms with Crippen molar-refractivity contribution in [2.75, 3.05) is 36.5 Å². The number of anilines is 2. The summed E-state index contributed by atoms with van der Waals surface area (Å²) in [7, 11) is 0. The maximum atomic E-state index is 13.0. The van der Waals surface area contributed by atoms with Gasteiger partial charge in [0.05, 0.1) is 30.1 Å². The number of rotatable bonds is 12. The quantitative estimate of drug-likeness (QED) is 0.352. The van der Waals surface area contributed by atoms with E-state index >= 15 is 0 Å². The fraction of sp³-hybridized carbons (Fsp3) is 0.538. The molecule has 1 aliphatic rings. The molecule has 1 fully saturated rings. The van der Waals surface area contributed by atoms with E-state index in [9.17, 15) is 14.4 Å². The molecule has 2 aromatic heterocycles. The van der Waals surface area contributed by atoms with E-state index in [0.29, 0.717) is 12.2 Å². The van der Waals surface area contributed by atoms with Gasteiger partial charge in [-0.05, 0) is 63.3 Å². The van der Waals surface area contributed by atoms with Crippen LogP contribution in [0.1, 0.15) is 51.0 Å². The molecule has 9 heteroatoms. The molecule has 3 N–H and O–H groups in total. The fourth-order valence-electron chi connectivity index (χ4n) is 4.36. The minimum Gasteiger partial charge on any atom is -0.465 e.